The average molecular weight is 497 g/mol. The Hall–Kier alpha value is -3.57. The Morgan fingerprint density at radius 3 is 2.50 bits per heavy atom. The molecule has 0 aliphatic carbocycles. The van der Waals surface area contributed by atoms with E-state index < -0.39 is 11.6 Å². The number of benzene rings is 1. The number of hydrogen-bond acceptors (Lipinski definition) is 8. The van der Waals surface area contributed by atoms with Gasteiger partial charge in [0.1, 0.15) is 23.3 Å². The van der Waals surface area contributed by atoms with Crippen LogP contribution in [0.3, 0.4) is 0 Å². The lowest BCUT2D eigenvalue weighted by molar-refractivity contribution is 0.141. The summed E-state index contributed by atoms with van der Waals surface area (Å²) in [6.07, 6.45) is 5.54. The third-order valence-electron chi connectivity index (χ3n) is 6.76. The van der Waals surface area contributed by atoms with Crippen LogP contribution in [-0.2, 0) is 0 Å². The van der Waals surface area contributed by atoms with Gasteiger partial charge in [-0.15, -0.1) is 0 Å². The smallest absolute Gasteiger partial charge is 0.254 e. The zero-order valence-electron chi connectivity index (χ0n) is 20.3. The van der Waals surface area contributed by atoms with Crippen molar-refractivity contribution < 1.29 is 13.9 Å². The average Bonchev–Trinajstić information content (AvgIpc) is 3.17. The normalized spacial score (nSPS) is 19.3. The number of nitrogens with two attached hydrogens (primary N) is 1. The number of piperazine rings is 1. The molecule has 0 unspecified atom stereocenters. The topological polar surface area (TPSA) is 99.6 Å². The number of nitrogen functional groups attached to an aromatic ring is 1. The van der Waals surface area contributed by atoms with E-state index in [4.69, 9.17) is 5.73 Å². The molecular weight excluding hydrogens is 466 g/mol. The molecule has 0 spiro atoms. The highest BCUT2D eigenvalue weighted by Gasteiger charge is 2.27. The molecule has 4 heterocycles. The van der Waals surface area contributed by atoms with Crippen LogP contribution in [0.4, 0.5) is 26.1 Å². The number of aromatic nitrogens is 4. The van der Waals surface area contributed by atoms with Crippen molar-refractivity contribution in [2.24, 2.45) is 0 Å². The van der Waals surface area contributed by atoms with Crippen LogP contribution < -0.4 is 15.5 Å². The second-order valence-electron chi connectivity index (χ2n) is 9.43. The molecule has 2 aliphatic rings. The molecule has 2 saturated heterocycles. The summed E-state index contributed by atoms with van der Waals surface area (Å²) in [5.74, 6) is 0.291. The van der Waals surface area contributed by atoms with E-state index in [1.54, 1.807) is 16.9 Å². The first kappa shape index (κ1) is 24.1. The van der Waals surface area contributed by atoms with Gasteiger partial charge >= 0.3 is 0 Å². The molecule has 1 atom stereocenters. The fourth-order valence-corrected chi connectivity index (χ4v) is 4.66. The van der Waals surface area contributed by atoms with Crippen molar-refractivity contribution in [3.05, 3.63) is 59.4 Å². The van der Waals surface area contributed by atoms with E-state index in [0.717, 1.165) is 30.4 Å². The van der Waals surface area contributed by atoms with Gasteiger partial charge in [-0.05, 0) is 26.0 Å². The molecule has 0 bridgehead atoms. The van der Waals surface area contributed by atoms with Crippen LogP contribution in [0.1, 0.15) is 18.2 Å². The lowest BCUT2D eigenvalue weighted by Gasteiger charge is -2.40. The number of rotatable bonds is 6. The molecule has 5 rings (SSSR count). The maximum Gasteiger partial charge on any atom is 0.254 e. The second-order valence-corrected chi connectivity index (χ2v) is 9.43. The van der Waals surface area contributed by atoms with Crippen LogP contribution in [0, 0.1) is 18.6 Å². The van der Waals surface area contributed by atoms with E-state index in [1.165, 1.54) is 12.1 Å². The predicted molar refractivity (Wildman–Crippen MR) is 135 cm³/mol. The van der Waals surface area contributed by atoms with Crippen LogP contribution in [0.2, 0.25) is 0 Å². The maximum atomic E-state index is 13.6. The van der Waals surface area contributed by atoms with E-state index >= 15 is 0 Å². The van der Waals surface area contributed by atoms with Gasteiger partial charge in [-0.3, -0.25) is 4.90 Å². The molecule has 11 heteroatoms. The molecule has 0 amide bonds. The van der Waals surface area contributed by atoms with Crippen LogP contribution in [0.5, 0.6) is 0 Å². The largest absolute Gasteiger partial charge is 0.389 e. The third kappa shape index (κ3) is 5.02. The third-order valence-corrected chi connectivity index (χ3v) is 6.76. The summed E-state index contributed by atoms with van der Waals surface area (Å²) in [5.41, 5.74) is 8.41. The fraction of sp³-hybridized carbons (Fsp3) is 0.400. The van der Waals surface area contributed by atoms with Gasteiger partial charge in [-0.2, -0.15) is 15.1 Å². The molecule has 190 valence electrons. The van der Waals surface area contributed by atoms with Crippen molar-refractivity contribution in [2.75, 3.05) is 54.8 Å². The van der Waals surface area contributed by atoms with Gasteiger partial charge in [-0.1, -0.05) is 12.2 Å². The quantitative estimate of drug-likeness (QED) is 0.536. The number of hydrogen-bond donors (Lipinski definition) is 2. The summed E-state index contributed by atoms with van der Waals surface area (Å²) in [6.45, 7) is 8.02. The summed E-state index contributed by atoms with van der Waals surface area (Å²) in [6, 6.07) is 5.57. The zero-order chi connectivity index (χ0) is 25.4. The second kappa shape index (κ2) is 9.82. The molecule has 2 aliphatic heterocycles. The Labute approximate surface area is 208 Å². The molecule has 2 aromatic heterocycles. The SMILES string of the molecule is Cc1c(/C=C/CN2CCN(c3cc(F)cc(F)c3)C[C@@H]2C)cnn1-c1nc(N)cc(N2CC(O)C2)n1. The van der Waals surface area contributed by atoms with Crippen molar-refractivity contribution in [1.82, 2.24) is 24.6 Å². The summed E-state index contributed by atoms with van der Waals surface area (Å²) < 4.78 is 28.9. The van der Waals surface area contributed by atoms with Gasteiger partial charge in [0.05, 0.1) is 18.0 Å². The number of aliphatic hydroxyl groups is 1. The Balaban J connectivity index is 1.22. The minimum Gasteiger partial charge on any atom is -0.389 e. The van der Waals surface area contributed by atoms with Crippen molar-refractivity contribution >= 4 is 23.4 Å². The maximum absolute atomic E-state index is 13.6. The first-order valence-corrected chi connectivity index (χ1v) is 12.0. The minimum absolute atomic E-state index is 0.220. The Morgan fingerprint density at radius 2 is 1.81 bits per heavy atom. The Morgan fingerprint density at radius 1 is 1.06 bits per heavy atom. The number of nitrogens with zero attached hydrogens (tertiary/aromatic N) is 7. The van der Waals surface area contributed by atoms with E-state index in [9.17, 15) is 13.9 Å². The fourth-order valence-electron chi connectivity index (χ4n) is 4.66. The van der Waals surface area contributed by atoms with Crippen molar-refractivity contribution in [3.63, 3.8) is 0 Å². The first-order valence-electron chi connectivity index (χ1n) is 12.0. The van der Waals surface area contributed by atoms with Crippen LogP contribution >= 0.6 is 0 Å². The first-order chi connectivity index (χ1) is 17.3. The van der Waals surface area contributed by atoms with E-state index in [0.29, 0.717) is 49.5 Å². The highest BCUT2D eigenvalue weighted by Crippen LogP contribution is 2.24. The van der Waals surface area contributed by atoms with Crippen LogP contribution in [0.15, 0.2) is 36.5 Å². The number of aliphatic hydroxyl groups excluding tert-OH is 1. The van der Waals surface area contributed by atoms with Crippen molar-refractivity contribution in [3.8, 4) is 5.95 Å². The van der Waals surface area contributed by atoms with Gasteiger partial charge < -0.3 is 20.6 Å². The summed E-state index contributed by atoms with van der Waals surface area (Å²) in [5, 5.41) is 14.0. The zero-order valence-corrected chi connectivity index (χ0v) is 20.3. The molecule has 2 fully saturated rings. The van der Waals surface area contributed by atoms with Crippen LogP contribution in [0.25, 0.3) is 12.0 Å². The van der Waals surface area contributed by atoms with E-state index in [1.807, 2.05) is 22.8 Å². The monoisotopic (exact) mass is 496 g/mol. The summed E-state index contributed by atoms with van der Waals surface area (Å²) >= 11 is 0. The predicted octanol–water partition coefficient (Wildman–Crippen LogP) is 2.24. The van der Waals surface area contributed by atoms with Crippen molar-refractivity contribution in [2.45, 2.75) is 26.0 Å². The number of halogens is 2. The van der Waals surface area contributed by atoms with Gasteiger partial charge in [-0.25, -0.2) is 13.5 Å². The van der Waals surface area contributed by atoms with E-state index in [2.05, 4.69) is 33.0 Å². The minimum atomic E-state index is -0.557. The van der Waals surface area contributed by atoms with Gasteiger partial charge in [0.15, 0.2) is 0 Å². The number of β-amino-alcohol motifs (C(OH)–C–C–N with tert-alkyl or cyclic N) is 1. The lowest BCUT2D eigenvalue weighted by atomic mass is 10.1. The highest BCUT2D eigenvalue weighted by atomic mass is 19.1. The molecule has 36 heavy (non-hydrogen) atoms. The lowest BCUT2D eigenvalue weighted by Crippen LogP contribution is -2.51. The van der Waals surface area contributed by atoms with Gasteiger partial charge in [0.25, 0.3) is 5.95 Å². The Kier molecular flexibility index (Phi) is 6.59. The summed E-state index contributed by atoms with van der Waals surface area (Å²) in [4.78, 5) is 15.2. The molecule has 3 aromatic rings. The van der Waals surface area contributed by atoms with Gasteiger partial charge in [0, 0.05) is 68.7 Å². The molecule has 1 aromatic carbocycles. The molecular formula is C25H30F2N8O. The number of anilines is 3. The molecule has 0 radical (unpaired) electrons. The molecule has 3 N–H and O–H groups in total. The summed E-state index contributed by atoms with van der Waals surface area (Å²) in [7, 11) is 0. The molecule has 0 saturated carbocycles. The molecule has 9 nitrogen and oxygen atoms in total. The van der Waals surface area contributed by atoms with Crippen molar-refractivity contribution in [1.29, 1.82) is 0 Å². The van der Waals surface area contributed by atoms with Crippen LogP contribution in [-0.4, -0.2) is 81.2 Å². The highest BCUT2D eigenvalue weighted by molar-refractivity contribution is 5.54. The van der Waals surface area contributed by atoms with Gasteiger partial charge in [0.2, 0.25) is 0 Å². The van der Waals surface area contributed by atoms with E-state index in [-0.39, 0.29) is 12.1 Å². The standard InChI is InChI=1S/C25H30F2N8O/c1-16-13-33(21-9-19(26)8-20(27)10-21)7-6-32(16)5-3-4-18-12-29-35(17(18)2)25-30-23(28)11-24(31-25)34-14-22(36)15-34/h3-4,8-12,16,22,36H,5-7,13-15H2,1-2H3,(H2,28,30,31)/b4-3+/t16-/m0/s1. The Bertz CT molecular complexity index is 1250.